The van der Waals surface area contributed by atoms with E-state index in [1.165, 1.54) is 4.90 Å². The maximum Gasteiger partial charge on any atom is 0.411 e. The van der Waals surface area contributed by atoms with Gasteiger partial charge in [0, 0.05) is 23.1 Å². The average Bonchev–Trinajstić information content (AvgIpc) is 3.47. The van der Waals surface area contributed by atoms with Gasteiger partial charge in [-0.1, -0.05) is 42.5 Å². The molecule has 40 heavy (non-hydrogen) atoms. The Labute approximate surface area is 233 Å². The van der Waals surface area contributed by atoms with E-state index in [2.05, 4.69) is 11.9 Å². The highest BCUT2D eigenvalue weighted by atomic mass is 16.6. The Bertz CT molecular complexity index is 1480. The van der Waals surface area contributed by atoms with Gasteiger partial charge in [-0.3, -0.25) is 9.69 Å². The van der Waals surface area contributed by atoms with Crippen molar-refractivity contribution in [2.75, 3.05) is 13.2 Å². The van der Waals surface area contributed by atoms with Gasteiger partial charge < -0.3 is 19.5 Å². The number of esters is 1. The number of aromatic nitrogens is 1. The Balaban J connectivity index is 1.43. The minimum atomic E-state index is -1.18. The summed E-state index contributed by atoms with van der Waals surface area (Å²) in [7, 11) is 0. The first kappa shape index (κ1) is 27.4. The molecular weight excluding hydrogens is 510 g/mol. The number of para-hydroxylation sites is 1. The fraction of sp³-hybridized carbons (Fsp3) is 0.419. The van der Waals surface area contributed by atoms with Crippen LogP contribution in [-0.2, 0) is 19.1 Å². The zero-order chi connectivity index (χ0) is 28.7. The number of rotatable bonds is 7. The number of hydrogen-bond acceptors (Lipinski definition) is 7. The first-order chi connectivity index (χ1) is 19.1. The zero-order valence-corrected chi connectivity index (χ0v) is 23.3. The highest BCUT2D eigenvalue weighted by Crippen LogP contribution is 2.46. The lowest BCUT2D eigenvalue weighted by Crippen LogP contribution is -2.53. The number of benzene rings is 2. The van der Waals surface area contributed by atoms with E-state index in [1.54, 1.807) is 33.8 Å². The third kappa shape index (κ3) is 5.20. The molecule has 2 amide bonds. The van der Waals surface area contributed by atoms with Gasteiger partial charge in [-0.05, 0) is 51.6 Å². The summed E-state index contributed by atoms with van der Waals surface area (Å²) in [5, 5.41) is 5.72. The van der Waals surface area contributed by atoms with Gasteiger partial charge in [0.15, 0.2) is 0 Å². The lowest BCUT2D eigenvalue weighted by atomic mass is 10.1. The minimum Gasteiger partial charge on any atom is -0.472 e. The molecule has 1 saturated heterocycles. The van der Waals surface area contributed by atoms with Crippen LogP contribution in [0, 0.1) is 5.92 Å². The molecule has 1 aliphatic heterocycles. The Kier molecular flexibility index (Phi) is 7.16. The molecule has 0 unspecified atom stereocenters. The number of nitrogens with one attached hydrogen (secondary N) is 1. The van der Waals surface area contributed by atoms with Crippen LogP contribution in [-0.4, -0.2) is 64.3 Å². The van der Waals surface area contributed by atoms with Crippen LogP contribution in [0.25, 0.3) is 21.7 Å². The van der Waals surface area contributed by atoms with Crippen LogP contribution in [0.3, 0.4) is 0 Å². The van der Waals surface area contributed by atoms with Crippen LogP contribution in [0.1, 0.15) is 40.5 Å². The van der Waals surface area contributed by atoms with Crippen molar-refractivity contribution in [3.8, 4) is 5.88 Å². The number of pyridine rings is 1. The minimum absolute atomic E-state index is 0.118. The third-order valence-corrected chi connectivity index (χ3v) is 7.33. The lowest BCUT2D eigenvalue weighted by Gasteiger charge is -2.28. The first-order valence-corrected chi connectivity index (χ1v) is 13.6. The second-order valence-electron chi connectivity index (χ2n) is 11.3. The number of fused-ring (bicyclic) bond motifs is 3. The molecule has 2 heterocycles. The molecule has 0 spiro atoms. The number of carbonyl (C=O) groups excluding carboxylic acids is 3. The summed E-state index contributed by atoms with van der Waals surface area (Å²) in [5.41, 5.74) is -1.15. The van der Waals surface area contributed by atoms with Gasteiger partial charge in [0.05, 0.1) is 18.7 Å². The maximum atomic E-state index is 13.7. The molecule has 2 aromatic carbocycles. The molecule has 9 heteroatoms. The number of likely N-dealkylation sites (tertiary alicyclic amines) is 1. The molecule has 1 aromatic heterocycles. The van der Waals surface area contributed by atoms with E-state index in [-0.39, 0.29) is 25.5 Å². The molecule has 1 saturated carbocycles. The summed E-state index contributed by atoms with van der Waals surface area (Å²) in [6, 6.07) is 14.8. The Hall–Kier alpha value is -4.14. The molecule has 0 bridgehead atoms. The second-order valence-corrected chi connectivity index (χ2v) is 11.3. The van der Waals surface area contributed by atoms with E-state index in [0.717, 1.165) is 21.7 Å². The van der Waals surface area contributed by atoms with E-state index >= 15 is 0 Å². The largest absolute Gasteiger partial charge is 0.472 e. The van der Waals surface area contributed by atoms with Crippen molar-refractivity contribution in [3.63, 3.8) is 0 Å². The summed E-state index contributed by atoms with van der Waals surface area (Å²) in [4.78, 5) is 45.8. The van der Waals surface area contributed by atoms with Crippen LogP contribution in [0.4, 0.5) is 4.79 Å². The van der Waals surface area contributed by atoms with Gasteiger partial charge in [0.1, 0.15) is 23.3 Å². The van der Waals surface area contributed by atoms with Crippen LogP contribution in [0.5, 0.6) is 5.88 Å². The van der Waals surface area contributed by atoms with Gasteiger partial charge in [-0.15, -0.1) is 6.58 Å². The number of amides is 2. The standard InChI is InChI=1S/C31H35N3O6/c1-6-19-17-31(19,28(36)38-7-2)33-26(35)25-16-20(18-34(25)29(37)40-30(3,4)5)39-27-23-14-9-8-12-21(23)22-13-10-11-15-24(22)32-27/h6,8-15,19-20,25H,1,7,16-18H2,2-5H3,(H,33,35)/t19-,20+,25-,31-/m0/s1. The molecule has 9 nitrogen and oxygen atoms in total. The molecule has 1 aliphatic carbocycles. The van der Waals surface area contributed by atoms with Crippen molar-refractivity contribution in [2.45, 2.75) is 63.8 Å². The molecular formula is C31H35N3O6. The van der Waals surface area contributed by atoms with E-state index in [4.69, 9.17) is 19.2 Å². The molecule has 2 aliphatic rings. The topological polar surface area (TPSA) is 107 Å². The van der Waals surface area contributed by atoms with Crippen molar-refractivity contribution < 1.29 is 28.6 Å². The molecule has 210 valence electrons. The molecule has 0 radical (unpaired) electrons. The SMILES string of the molecule is C=C[C@H]1C[C@@]1(NC(=O)[C@@H]1C[C@@H](Oc2nc3ccccc3c3ccccc23)CN1C(=O)OC(C)(C)C)C(=O)OCC. The fourth-order valence-electron chi connectivity index (χ4n) is 5.34. The van der Waals surface area contributed by atoms with E-state index in [0.29, 0.717) is 12.3 Å². The quantitative estimate of drug-likeness (QED) is 0.259. The molecule has 1 N–H and O–H groups in total. The Morgan fingerprint density at radius 1 is 1.10 bits per heavy atom. The normalized spacial score (nSPS) is 24.0. The highest BCUT2D eigenvalue weighted by molar-refractivity contribution is 6.07. The van der Waals surface area contributed by atoms with Crippen molar-refractivity contribution in [1.82, 2.24) is 15.2 Å². The van der Waals surface area contributed by atoms with Gasteiger partial charge in [-0.25, -0.2) is 14.6 Å². The second kappa shape index (κ2) is 10.4. The molecule has 5 rings (SSSR count). The molecule has 3 aromatic rings. The first-order valence-electron chi connectivity index (χ1n) is 13.6. The molecule has 2 fully saturated rings. The Morgan fingerprint density at radius 2 is 1.77 bits per heavy atom. The van der Waals surface area contributed by atoms with Crippen LogP contribution in [0.2, 0.25) is 0 Å². The van der Waals surface area contributed by atoms with Crippen molar-refractivity contribution in [3.05, 3.63) is 61.2 Å². The van der Waals surface area contributed by atoms with E-state index in [9.17, 15) is 14.4 Å². The maximum absolute atomic E-state index is 13.7. The Morgan fingerprint density at radius 3 is 2.42 bits per heavy atom. The number of ether oxygens (including phenoxy) is 3. The molecule has 4 atom stereocenters. The van der Waals surface area contributed by atoms with Crippen molar-refractivity contribution in [2.24, 2.45) is 5.92 Å². The van der Waals surface area contributed by atoms with Crippen LogP contribution < -0.4 is 10.1 Å². The summed E-state index contributed by atoms with van der Waals surface area (Å²) >= 11 is 0. The predicted octanol–water partition coefficient (Wildman–Crippen LogP) is 4.77. The van der Waals surface area contributed by atoms with E-state index in [1.807, 2.05) is 48.5 Å². The summed E-state index contributed by atoms with van der Waals surface area (Å²) in [5.74, 6) is -0.783. The van der Waals surface area contributed by atoms with Crippen molar-refractivity contribution in [1.29, 1.82) is 0 Å². The van der Waals surface area contributed by atoms with Gasteiger partial charge in [0.25, 0.3) is 0 Å². The number of hydrogen-bond donors (Lipinski definition) is 1. The lowest BCUT2D eigenvalue weighted by molar-refractivity contribution is -0.149. The highest BCUT2D eigenvalue weighted by Gasteiger charge is 2.62. The van der Waals surface area contributed by atoms with Crippen molar-refractivity contribution >= 4 is 39.6 Å². The van der Waals surface area contributed by atoms with Gasteiger partial charge in [0.2, 0.25) is 11.8 Å². The average molecular weight is 546 g/mol. The van der Waals surface area contributed by atoms with E-state index < -0.39 is 41.3 Å². The summed E-state index contributed by atoms with van der Waals surface area (Å²) < 4.78 is 17.3. The van der Waals surface area contributed by atoms with Gasteiger partial charge in [-0.2, -0.15) is 0 Å². The van der Waals surface area contributed by atoms with Crippen LogP contribution >= 0.6 is 0 Å². The van der Waals surface area contributed by atoms with Crippen LogP contribution in [0.15, 0.2) is 61.2 Å². The third-order valence-electron chi connectivity index (χ3n) is 7.33. The number of nitrogens with zero attached hydrogens (tertiary/aromatic N) is 2. The zero-order valence-electron chi connectivity index (χ0n) is 23.3. The summed E-state index contributed by atoms with van der Waals surface area (Å²) in [6.45, 7) is 11.1. The smallest absolute Gasteiger partial charge is 0.411 e. The predicted molar refractivity (Wildman–Crippen MR) is 151 cm³/mol. The monoisotopic (exact) mass is 545 g/mol. The number of carbonyl (C=O) groups is 3. The fourth-order valence-corrected chi connectivity index (χ4v) is 5.34. The summed E-state index contributed by atoms with van der Waals surface area (Å²) in [6.07, 6.45) is 1.07. The van der Waals surface area contributed by atoms with Gasteiger partial charge >= 0.3 is 12.1 Å².